The highest BCUT2D eigenvalue weighted by molar-refractivity contribution is 9.10. The number of rotatable bonds is 5. The molecule has 30 heavy (non-hydrogen) atoms. The highest BCUT2D eigenvalue weighted by Gasteiger charge is 2.25. The van der Waals surface area contributed by atoms with E-state index in [-0.39, 0.29) is 17.3 Å². The molecule has 8 nitrogen and oxygen atoms in total. The molecule has 2 aromatic carbocycles. The minimum absolute atomic E-state index is 0.0757. The number of benzene rings is 2. The fraction of sp³-hybridized carbons (Fsp3) is 0.0500. The summed E-state index contributed by atoms with van der Waals surface area (Å²) < 4.78 is 7.90. The number of aromatic nitrogens is 2. The molecular formula is C20H13BrN4O4S. The van der Waals surface area contributed by atoms with Gasteiger partial charge in [0, 0.05) is 35.5 Å². The number of nitro benzene ring substituents is 1. The van der Waals surface area contributed by atoms with Crippen molar-refractivity contribution in [1.82, 2.24) is 9.55 Å². The number of halogens is 1. The molecule has 1 aliphatic rings. The molecule has 0 amide bonds. The quantitative estimate of drug-likeness (QED) is 0.227. The summed E-state index contributed by atoms with van der Waals surface area (Å²) in [5.41, 5.74) is 1.12. The van der Waals surface area contributed by atoms with E-state index >= 15 is 0 Å². The molecule has 0 saturated carbocycles. The standard InChI is InChI=1S/C20H13BrN4O4S/c1-24-9-8-22-20(24)30-17-7-2-12(11-16(17)25(27)28)10-15-19(26)29-18(23-15)13-3-5-14(21)6-4-13/h2-11H,1H3/b15-10-. The maximum absolute atomic E-state index is 12.2. The second kappa shape index (κ2) is 8.25. The first-order valence-corrected chi connectivity index (χ1v) is 10.2. The Morgan fingerprint density at radius 1 is 1.23 bits per heavy atom. The molecule has 0 aliphatic carbocycles. The van der Waals surface area contributed by atoms with Crippen LogP contribution in [0.1, 0.15) is 11.1 Å². The van der Waals surface area contributed by atoms with Crippen molar-refractivity contribution in [2.75, 3.05) is 0 Å². The molecule has 1 aromatic heterocycles. The summed E-state index contributed by atoms with van der Waals surface area (Å²) in [5, 5.41) is 12.2. The summed E-state index contributed by atoms with van der Waals surface area (Å²) in [6.07, 6.45) is 4.86. The third-order valence-corrected chi connectivity index (χ3v) is 5.84. The van der Waals surface area contributed by atoms with E-state index in [9.17, 15) is 14.9 Å². The second-order valence-electron chi connectivity index (χ2n) is 6.25. The van der Waals surface area contributed by atoms with Gasteiger partial charge in [-0.25, -0.2) is 14.8 Å². The monoisotopic (exact) mass is 484 g/mol. The fourth-order valence-electron chi connectivity index (χ4n) is 2.68. The molecule has 150 valence electrons. The van der Waals surface area contributed by atoms with Crippen LogP contribution in [0.5, 0.6) is 0 Å². The van der Waals surface area contributed by atoms with Crippen LogP contribution in [-0.4, -0.2) is 26.3 Å². The number of hydrogen-bond donors (Lipinski definition) is 0. The Bertz CT molecular complexity index is 1220. The van der Waals surface area contributed by atoms with Crippen molar-refractivity contribution in [3.63, 3.8) is 0 Å². The summed E-state index contributed by atoms with van der Waals surface area (Å²) >= 11 is 4.54. The smallest absolute Gasteiger partial charge is 0.363 e. The van der Waals surface area contributed by atoms with E-state index in [1.54, 1.807) is 41.2 Å². The number of aliphatic imine (C=N–C) groups is 1. The predicted octanol–water partition coefficient (Wildman–Crippen LogP) is 4.59. The average molecular weight is 485 g/mol. The second-order valence-corrected chi connectivity index (χ2v) is 8.17. The van der Waals surface area contributed by atoms with E-state index in [1.807, 2.05) is 19.2 Å². The molecular weight excluding hydrogens is 472 g/mol. The molecule has 2 heterocycles. The normalized spacial score (nSPS) is 14.7. The van der Waals surface area contributed by atoms with Crippen molar-refractivity contribution in [3.8, 4) is 0 Å². The van der Waals surface area contributed by atoms with Gasteiger partial charge in [0.1, 0.15) is 0 Å². The number of nitro groups is 1. The zero-order valence-electron chi connectivity index (χ0n) is 15.5. The van der Waals surface area contributed by atoms with E-state index in [1.165, 1.54) is 23.9 Å². The molecule has 0 saturated heterocycles. The lowest BCUT2D eigenvalue weighted by molar-refractivity contribution is -0.387. The van der Waals surface area contributed by atoms with Crippen LogP contribution in [0.15, 0.2) is 80.1 Å². The van der Waals surface area contributed by atoms with Gasteiger partial charge in [-0.15, -0.1) is 0 Å². The number of carbonyl (C=O) groups excluding carboxylic acids is 1. The van der Waals surface area contributed by atoms with E-state index in [0.717, 1.165) is 4.47 Å². The molecule has 1 aliphatic heterocycles. The van der Waals surface area contributed by atoms with Gasteiger partial charge < -0.3 is 9.30 Å². The number of nitrogens with zero attached hydrogens (tertiary/aromatic N) is 4. The van der Waals surface area contributed by atoms with Crippen LogP contribution in [0.3, 0.4) is 0 Å². The number of esters is 1. The third-order valence-electron chi connectivity index (χ3n) is 4.17. The maximum atomic E-state index is 12.2. The van der Waals surface area contributed by atoms with Crippen LogP contribution in [-0.2, 0) is 16.6 Å². The summed E-state index contributed by atoms with van der Waals surface area (Å²) in [7, 11) is 1.81. The highest BCUT2D eigenvalue weighted by Crippen LogP contribution is 2.35. The first-order valence-electron chi connectivity index (χ1n) is 8.63. The minimum atomic E-state index is -0.609. The van der Waals surface area contributed by atoms with Gasteiger partial charge in [0.2, 0.25) is 5.90 Å². The van der Waals surface area contributed by atoms with Gasteiger partial charge >= 0.3 is 5.97 Å². The summed E-state index contributed by atoms with van der Waals surface area (Å²) in [6, 6.07) is 11.9. The van der Waals surface area contributed by atoms with Gasteiger partial charge in [0.15, 0.2) is 10.9 Å². The number of imidazole rings is 1. The molecule has 10 heteroatoms. The highest BCUT2D eigenvalue weighted by atomic mass is 79.9. The fourth-order valence-corrected chi connectivity index (χ4v) is 3.84. The van der Waals surface area contributed by atoms with Crippen molar-refractivity contribution in [2.45, 2.75) is 10.1 Å². The van der Waals surface area contributed by atoms with E-state index in [2.05, 4.69) is 25.9 Å². The Morgan fingerprint density at radius 3 is 2.67 bits per heavy atom. The molecule has 0 fully saturated rings. The van der Waals surface area contributed by atoms with Crippen LogP contribution in [0, 0.1) is 10.1 Å². The zero-order valence-corrected chi connectivity index (χ0v) is 17.9. The molecule has 0 N–H and O–H groups in total. The first-order chi connectivity index (χ1) is 14.4. The number of cyclic esters (lactones) is 1. The van der Waals surface area contributed by atoms with E-state index in [0.29, 0.717) is 21.2 Å². The van der Waals surface area contributed by atoms with Gasteiger partial charge in [-0.1, -0.05) is 22.0 Å². The van der Waals surface area contributed by atoms with Gasteiger partial charge in [0.25, 0.3) is 5.69 Å². The van der Waals surface area contributed by atoms with Crippen molar-refractivity contribution < 1.29 is 14.5 Å². The van der Waals surface area contributed by atoms with Gasteiger partial charge in [-0.2, -0.15) is 0 Å². The summed E-state index contributed by atoms with van der Waals surface area (Å²) in [4.78, 5) is 32.2. The lowest BCUT2D eigenvalue weighted by Crippen LogP contribution is -2.05. The molecule has 3 aromatic rings. The minimum Gasteiger partial charge on any atom is -0.402 e. The first kappa shape index (κ1) is 20.0. The molecule has 0 atom stereocenters. The van der Waals surface area contributed by atoms with Gasteiger partial charge in [-0.3, -0.25) is 10.1 Å². The van der Waals surface area contributed by atoms with Crippen LogP contribution in [0.2, 0.25) is 0 Å². The van der Waals surface area contributed by atoms with Crippen molar-refractivity contribution >= 4 is 51.3 Å². The Labute approximate surface area is 183 Å². The predicted molar refractivity (Wildman–Crippen MR) is 115 cm³/mol. The topological polar surface area (TPSA) is 99.6 Å². The van der Waals surface area contributed by atoms with Crippen LogP contribution in [0.25, 0.3) is 6.08 Å². The number of hydrogen-bond acceptors (Lipinski definition) is 7. The Hall–Kier alpha value is -3.24. The largest absolute Gasteiger partial charge is 0.402 e. The van der Waals surface area contributed by atoms with Gasteiger partial charge in [0.05, 0.1) is 9.82 Å². The Kier molecular flexibility index (Phi) is 5.51. The Balaban J connectivity index is 1.65. The molecule has 0 spiro atoms. The molecule has 4 rings (SSSR count). The molecule has 0 bridgehead atoms. The van der Waals surface area contributed by atoms with Crippen LogP contribution < -0.4 is 0 Å². The van der Waals surface area contributed by atoms with Gasteiger partial charge in [-0.05, 0) is 53.7 Å². The van der Waals surface area contributed by atoms with Crippen molar-refractivity contribution in [2.24, 2.45) is 12.0 Å². The van der Waals surface area contributed by atoms with Crippen molar-refractivity contribution in [3.05, 3.63) is 86.3 Å². The van der Waals surface area contributed by atoms with E-state index in [4.69, 9.17) is 4.74 Å². The number of aryl methyl sites for hydroxylation is 1. The zero-order chi connectivity index (χ0) is 21.3. The number of ether oxygens (including phenoxy) is 1. The lowest BCUT2D eigenvalue weighted by atomic mass is 10.1. The molecule has 0 radical (unpaired) electrons. The van der Waals surface area contributed by atoms with E-state index < -0.39 is 10.9 Å². The Morgan fingerprint density at radius 2 is 2.00 bits per heavy atom. The third kappa shape index (κ3) is 4.19. The lowest BCUT2D eigenvalue weighted by Gasteiger charge is -2.04. The van der Waals surface area contributed by atoms with Crippen LogP contribution in [0.4, 0.5) is 5.69 Å². The summed E-state index contributed by atoms with van der Waals surface area (Å²) in [6.45, 7) is 0. The average Bonchev–Trinajstić information content (AvgIpc) is 3.29. The van der Waals surface area contributed by atoms with Crippen molar-refractivity contribution in [1.29, 1.82) is 0 Å². The SMILES string of the molecule is Cn1ccnc1Sc1ccc(/C=C2\N=C(c3ccc(Br)cc3)OC2=O)cc1[N+](=O)[O-]. The van der Waals surface area contributed by atoms with Crippen LogP contribution >= 0.6 is 27.7 Å². The number of carbonyl (C=O) groups is 1. The maximum Gasteiger partial charge on any atom is 0.363 e. The summed E-state index contributed by atoms with van der Waals surface area (Å²) in [5.74, 6) is -0.419. The molecule has 0 unspecified atom stereocenters.